The molecule has 0 bridgehead atoms. The third-order valence-electron chi connectivity index (χ3n) is 3.21. The summed E-state index contributed by atoms with van der Waals surface area (Å²) in [6, 6.07) is 3.93. The first kappa shape index (κ1) is 12.6. The van der Waals surface area contributed by atoms with Crippen molar-refractivity contribution in [3.8, 4) is 0 Å². The first-order chi connectivity index (χ1) is 9.34. The summed E-state index contributed by atoms with van der Waals surface area (Å²) in [6.45, 7) is 0. The Hall–Kier alpha value is -1.46. The van der Waals surface area contributed by atoms with Gasteiger partial charge in [0.05, 0.1) is 11.8 Å². The molecule has 2 aromatic rings. The topological polar surface area (TPSA) is 41.5 Å². The number of fused-ring (bicyclic) bond motifs is 1. The number of carbonyl (C=O) groups excluding carboxylic acids is 1. The Balaban J connectivity index is 1.69. The monoisotopic (exact) mass is 290 g/mol. The second kappa shape index (κ2) is 5.67. The van der Waals surface area contributed by atoms with E-state index >= 15 is 0 Å². The molecule has 0 saturated heterocycles. The zero-order chi connectivity index (χ0) is 13.1. The van der Waals surface area contributed by atoms with E-state index in [4.69, 9.17) is 0 Å². The van der Waals surface area contributed by atoms with Crippen LogP contribution in [-0.2, 0) is 12.8 Å². The van der Waals surface area contributed by atoms with E-state index in [1.807, 2.05) is 22.9 Å². The molecule has 2 heterocycles. The van der Waals surface area contributed by atoms with Gasteiger partial charge in [-0.25, -0.2) is 5.43 Å². The van der Waals surface area contributed by atoms with Crippen LogP contribution in [0.5, 0.6) is 0 Å². The summed E-state index contributed by atoms with van der Waals surface area (Å²) in [5.74, 6) is -0.0905. The predicted molar refractivity (Wildman–Crippen MR) is 80.3 cm³/mol. The highest BCUT2D eigenvalue weighted by atomic mass is 32.1. The van der Waals surface area contributed by atoms with Crippen molar-refractivity contribution >= 4 is 34.8 Å². The molecule has 3 rings (SSSR count). The van der Waals surface area contributed by atoms with Gasteiger partial charge in [0, 0.05) is 15.1 Å². The Bertz CT molecular complexity index is 599. The first-order valence-corrected chi connectivity index (χ1v) is 8.06. The second-order valence-corrected chi connectivity index (χ2v) is 6.42. The van der Waals surface area contributed by atoms with E-state index in [-0.39, 0.29) is 5.91 Å². The number of aryl methyl sites for hydroxylation is 1. The fraction of sp³-hybridized carbons (Fsp3) is 0.286. The molecule has 0 radical (unpaired) electrons. The van der Waals surface area contributed by atoms with Gasteiger partial charge in [-0.3, -0.25) is 4.79 Å². The number of nitrogens with zero attached hydrogens (tertiary/aromatic N) is 1. The number of thiophene rings is 2. The average Bonchev–Trinajstić information content (AvgIpc) is 3.07. The first-order valence-electron chi connectivity index (χ1n) is 6.31. The maximum atomic E-state index is 12.1. The lowest BCUT2D eigenvalue weighted by molar-refractivity contribution is 0.0954. The molecule has 0 unspecified atom stereocenters. The maximum absolute atomic E-state index is 12.1. The van der Waals surface area contributed by atoms with Gasteiger partial charge in [-0.15, -0.1) is 22.7 Å². The molecule has 1 aliphatic rings. The number of rotatable bonds is 3. The minimum absolute atomic E-state index is 0.0905. The molecule has 0 aliphatic heterocycles. The molecule has 2 aromatic heterocycles. The van der Waals surface area contributed by atoms with Crippen LogP contribution in [0.2, 0.25) is 0 Å². The molecule has 98 valence electrons. The Kier molecular flexibility index (Phi) is 3.75. The molecule has 1 aliphatic carbocycles. The number of nitrogens with one attached hydrogen (secondary N) is 1. The number of hydrogen-bond acceptors (Lipinski definition) is 4. The molecule has 0 saturated carbocycles. The fourth-order valence-electron chi connectivity index (χ4n) is 2.26. The molecule has 0 fully saturated rings. The van der Waals surface area contributed by atoms with Crippen LogP contribution in [0.1, 0.15) is 38.5 Å². The summed E-state index contributed by atoms with van der Waals surface area (Å²) in [5.41, 5.74) is 4.66. The van der Waals surface area contributed by atoms with Crippen molar-refractivity contribution in [3.63, 3.8) is 0 Å². The van der Waals surface area contributed by atoms with E-state index in [9.17, 15) is 4.79 Å². The maximum Gasteiger partial charge on any atom is 0.272 e. The summed E-state index contributed by atoms with van der Waals surface area (Å²) >= 11 is 3.30. The summed E-state index contributed by atoms with van der Waals surface area (Å²) in [6.07, 6.45) is 6.25. The Morgan fingerprint density at radius 2 is 2.21 bits per heavy atom. The molecule has 1 amide bonds. The minimum atomic E-state index is -0.0905. The van der Waals surface area contributed by atoms with Gasteiger partial charge in [0.1, 0.15) is 0 Å². The molecule has 19 heavy (non-hydrogen) atoms. The van der Waals surface area contributed by atoms with E-state index in [0.29, 0.717) is 0 Å². The highest BCUT2D eigenvalue weighted by molar-refractivity contribution is 7.11. The van der Waals surface area contributed by atoms with E-state index in [2.05, 4.69) is 10.5 Å². The highest BCUT2D eigenvalue weighted by Crippen LogP contribution is 2.30. The summed E-state index contributed by atoms with van der Waals surface area (Å²) in [4.78, 5) is 14.5. The van der Waals surface area contributed by atoms with Crippen LogP contribution < -0.4 is 5.43 Å². The molecule has 0 aromatic carbocycles. The minimum Gasteiger partial charge on any atom is -0.267 e. The van der Waals surface area contributed by atoms with E-state index in [1.54, 1.807) is 28.9 Å². The van der Waals surface area contributed by atoms with Gasteiger partial charge in [0.25, 0.3) is 5.91 Å². The van der Waals surface area contributed by atoms with Gasteiger partial charge in [-0.05, 0) is 42.7 Å². The normalized spacial score (nSPS) is 14.5. The molecule has 0 atom stereocenters. The molecule has 5 heteroatoms. The largest absolute Gasteiger partial charge is 0.272 e. The van der Waals surface area contributed by atoms with Crippen LogP contribution in [0.4, 0.5) is 0 Å². The Morgan fingerprint density at radius 3 is 3.05 bits per heavy atom. The quantitative estimate of drug-likeness (QED) is 0.682. The molecule has 0 spiro atoms. The smallest absolute Gasteiger partial charge is 0.267 e. The Labute approximate surface area is 120 Å². The van der Waals surface area contributed by atoms with Crippen LogP contribution in [-0.4, -0.2) is 12.1 Å². The summed E-state index contributed by atoms with van der Waals surface area (Å²) in [5, 5.41) is 7.96. The summed E-state index contributed by atoms with van der Waals surface area (Å²) in [7, 11) is 0. The lowest BCUT2D eigenvalue weighted by atomic mass is 9.96. The fourth-order valence-corrected chi connectivity index (χ4v) is 3.97. The van der Waals surface area contributed by atoms with Crippen molar-refractivity contribution in [2.75, 3.05) is 0 Å². The van der Waals surface area contributed by atoms with Crippen LogP contribution in [0.25, 0.3) is 0 Å². The number of hydrogen-bond donors (Lipinski definition) is 1. The average molecular weight is 290 g/mol. The van der Waals surface area contributed by atoms with Crippen LogP contribution in [0.15, 0.2) is 28.0 Å². The van der Waals surface area contributed by atoms with E-state index in [1.165, 1.54) is 23.3 Å². The van der Waals surface area contributed by atoms with Crippen LogP contribution in [0, 0.1) is 0 Å². The third kappa shape index (κ3) is 2.77. The van der Waals surface area contributed by atoms with Crippen molar-refractivity contribution in [3.05, 3.63) is 43.8 Å². The van der Waals surface area contributed by atoms with Crippen molar-refractivity contribution in [2.45, 2.75) is 25.7 Å². The third-order valence-corrected chi connectivity index (χ3v) is 5.10. The second-order valence-electron chi connectivity index (χ2n) is 4.47. The number of carbonyl (C=O) groups is 1. The molecule has 1 N–H and O–H groups in total. The van der Waals surface area contributed by atoms with E-state index in [0.717, 1.165) is 23.3 Å². The Morgan fingerprint density at radius 1 is 1.32 bits per heavy atom. The zero-order valence-corrected chi connectivity index (χ0v) is 12.0. The van der Waals surface area contributed by atoms with Gasteiger partial charge in [-0.1, -0.05) is 6.07 Å². The van der Waals surface area contributed by atoms with Gasteiger partial charge < -0.3 is 0 Å². The highest BCUT2D eigenvalue weighted by Gasteiger charge is 2.19. The van der Waals surface area contributed by atoms with Crippen molar-refractivity contribution in [1.82, 2.24) is 5.43 Å². The number of hydrazone groups is 1. The number of amides is 1. The van der Waals surface area contributed by atoms with Crippen LogP contribution >= 0.6 is 22.7 Å². The molecular weight excluding hydrogens is 276 g/mol. The van der Waals surface area contributed by atoms with E-state index < -0.39 is 0 Å². The van der Waals surface area contributed by atoms with Gasteiger partial charge in [0.2, 0.25) is 0 Å². The standard InChI is InChI=1S/C14H14N2OS2/c17-14(16-15-8-10-4-3-7-18-10)12-9-19-13-6-2-1-5-11(12)13/h3-4,7-9H,1-2,5-6H2,(H,16,17)/b15-8-. The van der Waals surface area contributed by atoms with Crippen LogP contribution in [0.3, 0.4) is 0 Å². The van der Waals surface area contributed by atoms with Gasteiger partial charge in [0.15, 0.2) is 0 Å². The van der Waals surface area contributed by atoms with Crippen molar-refractivity contribution in [1.29, 1.82) is 0 Å². The van der Waals surface area contributed by atoms with Crippen molar-refractivity contribution < 1.29 is 4.79 Å². The SMILES string of the molecule is O=C(N/N=C\c1cccs1)c1csc2c1CCCC2. The summed E-state index contributed by atoms with van der Waals surface area (Å²) < 4.78 is 0. The van der Waals surface area contributed by atoms with Crippen molar-refractivity contribution in [2.24, 2.45) is 5.10 Å². The lowest BCUT2D eigenvalue weighted by Gasteiger charge is -2.11. The zero-order valence-electron chi connectivity index (χ0n) is 10.4. The predicted octanol–water partition coefficient (Wildman–Crippen LogP) is 3.45. The lowest BCUT2D eigenvalue weighted by Crippen LogP contribution is -2.19. The molecular formula is C14H14N2OS2. The molecule has 3 nitrogen and oxygen atoms in total. The van der Waals surface area contributed by atoms with Gasteiger partial charge in [-0.2, -0.15) is 5.10 Å². The van der Waals surface area contributed by atoms with Gasteiger partial charge >= 0.3 is 0 Å².